The number of rotatable bonds is 3. The van der Waals surface area contributed by atoms with Gasteiger partial charge >= 0.3 is 5.69 Å². The maximum atomic E-state index is 11.9. The molecular weight excluding hydrogens is 343 g/mol. The van der Waals surface area contributed by atoms with E-state index in [-0.39, 0.29) is 26.3 Å². The van der Waals surface area contributed by atoms with Gasteiger partial charge in [0.2, 0.25) is 10.0 Å². The first-order valence-corrected chi connectivity index (χ1v) is 7.59. The Bertz CT molecular complexity index is 848. The monoisotopic (exact) mass is 350 g/mol. The van der Waals surface area contributed by atoms with Crippen molar-refractivity contribution in [3.05, 3.63) is 44.6 Å². The number of nitrogens with one attached hydrogen (secondary N) is 3. The molecule has 1 heterocycles. The first-order valence-electron chi connectivity index (χ1n) is 5.29. The zero-order valence-electron chi connectivity index (χ0n) is 10.1. The Hall–Kier alpha value is -1.81. The van der Waals surface area contributed by atoms with Crippen molar-refractivity contribution in [2.45, 2.75) is 4.90 Å². The van der Waals surface area contributed by atoms with Crippen LogP contribution in [-0.2, 0) is 10.0 Å². The lowest BCUT2D eigenvalue weighted by Crippen LogP contribution is -2.16. The maximum absolute atomic E-state index is 11.9. The summed E-state index contributed by atoms with van der Waals surface area (Å²) in [5.74, 6) is -0.680. The summed E-state index contributed by atoms with van der Waals surface area (Å²) in [6, 6.07) is 2.11. The molecule has 0 aliphatic heterocycles. The molecular formula is C10H8Cl2N4O4S. The first kappa shape index (κ1) is 15.6. The summed E-state index contributed by atoms with van der Waals surface area (Å²) < 4.78 is 22.4. The number of sulfonamides is 1. The Morgan fingerprint density at radius 1 is 1.24 bits per heavy atom. The van der Waals surface area contributed by atoms with E-state index < -0.39 is 21.6 Å². The number of amides is 1. The molecule has 112 valence electrons. The van der Waals surface area contributed by atoms with E-state index in [4.69, 9.17) is 28.3 Å². The summed E-state index contributed by atoms with van der Waals surface area (Å²) in [4.78, 5) is 27.0. The molecule has 0 aliphatic rings. The zero-order chi connectivity index (χ0) is 15.8. The van der Waals surface area contributed by atoms with E-state index in [0.717, 1.165) is 18.3 Å². The van der Waals surface area contributed by atoms with Gasteiger partial charge in [-0.1, -0.05) is 23.2 Å². The number of aromatic nitrogens is 2. The molecule has 0 fully saturated rings. The molecule has 8 nitrogen and oxygen atoms in total. The highest BCUT2D eigenvalue weighted by Gasteiger charge is 2.17. The van der Waals surface area contributed by atoms with Crippen molar-refractivity contribution >= 4 is 44.8 Å². The van der Waals surface area contributed by atoms with Crippen LogP contribution in [-0.4, -0.2) is 24.3 Å². The van der Waals surface area contributed by atoms with Crippen LogP contribution in [0.15, 0.2) is 28.0 Å². The number of aromatic amines is 2. The van der Waals surface area contributed by atoms with Gasteiger partial charge in [0.05, 0.1) is 20.6 Å². The average Bonchev–Trinajstić information content (AvgIpc) is 2.79. The third-order valence-corrected chi connectivity index (χ3v) is 3.91. The summed E-state index contributed by atoms with van der Waals surface area (Å²) in [5.41, 5.74) is -0.595. The summed E-state index contributed by atoms with van der Waals surface area (Å²) in [7, 11) is -3.98. The fraction of sp³-hybridized carbons (Fsp3) is 0. The Kier molecular flexibility index (Phi) is 4.10. The van der Waals surface area contributed by atoms with Crippen molar-refractivity contribution in [1.82, 2.24) is 9.97 Å². The van der Waals surface area contributed by atoms with Crippen LogP contribution >= 0.6 is 23.2 Å². The van der Waals surface area contributed by atoms with Gasteiger partial charge in [0.1, 0.15) is 5.69 Å². The van der Waals surface area contributed by atoms with Gasteiger partial charge < -0.3 is 15.3 Å². The van der Waals surface area contributed by atoms with Crippen LogP contribution in [0.5, 0.6) is 0 Å². The number of hydrogen-bond acceptors (Lipinski definition) is 4. The van der Waals surface area contributed by atoms with Crippen molar-refractivity contribution in [3.8, 4) is 0 Å². The van der Waals surface area contributed by atoms with E-state index in [1.807, 2.05) is 0 Å². The standard InChI is InChI=1S/C10H8Cl2N4O4S/c11-5-1-4(21(13,19)20)2-6(12)8(5)16-9(17)7-3-14-10(18)15-7/h1-3H,(H,16,17)(H2,13,19,20)(H2,14,15,18). The Morgan fingerprint density at radius 3 is 2.24 bits per heavy atom. The number of H-pyrrole nitrogens is 2. The van der Waals surface area contributed by atoms with Gasteiger partial charge in [0.15, 0.2) is 0 Å². The Labute approximate surface area is 128 Å². The predicted molar refractivity (Wildman–Crippen MR) is 77.2 cm³/mol. The third kappa shape index (κ3) is 3.45. The van der Waals surface area contributed by atoms with Crippen LogP contribution in [0.1, 0.15) is 10.5 Å². The van der Waals surface area contributed by atoms with Crippen molar-refractivity contribution in [2.24, 2.45) is 5.14 Å². The second-order valence-electron chi connectivity index (χ2n) is 3.92. The average molecular weight is 351 g/mol. The molecule has 0 spiro atoms. The van der Waals surface area contributed by atoms with E-state index in [2.05, 4.69) is 15.3 Å². The Balaban J connectivity index is 2.37. The minimum absolute atomic E-state index is 0.00205. The second-order valence-corrected chi connectivity index (χ2v) is 6.29. The molecule has 0 saturated heterocycles. The van der Waals surface area contributed by atoms with Gasteiger partial charge in [-0.15, -0.1) is 0 Å². The van der Waals surface area contributed by atoms with Crippen molar-refractivity contribution in [3.63, 3.8) is 0 Å². The number of anilines is 1. The molecule has 1 amide bonds. The summed E-state index contributed by atoms with van der Waals surface area (Å²) in [6.45, 7) is 0. The normalized spacial score (nSPS) is 11.4. The molecule has 0 atom stereocenters. The molecule has 0 saturated carbocycles. The topological polar surface area (TPSA) is 138 Å². The molecule has 1 aromatic heterocycles. The van der Waals surface area contributed by atoms with Crippen LogP contribution in [0, 0.1) is 0 Å². The smallest absolute Gasteiger partial charge is 0.318 e. The number of primary sulfonamides is 1. The first-order chi connectivity index (χ1) is 9.68. The van der Waals surface area contributed by atoms with Crippen LogP contribution in [0.25, 0.3) is 0 Å². The molecule has 2 rings (SSSR count). The number of imidazole rings is 1. The minimum atomic E-state index is -3.98. The molecule has 0 radical (unpaired) electrons. The lowest BCUT2D eigenvalue weighted by atomic mass is 10.3. The zero-order valence-corrected chi connectivity index (χ0v) is 12.4. The minimum Gasteiger partial charge on any atom is -0.318 e. The highest BCUT2D eigenvalue weighted by Crippen LogP contribution is 2.33. The quantitative estimate of drug-likeness (QED) is 0.653. The van der Waals surface area contributed by atoms with E-state index in [1.54, 1.807) is 0 Å². The summed E-state index contributed by atoms with van der Waals surface area (Å²) in [6.07, 6.45) is 1.16. The molecule has 2 aromatic rings. The molecule has 0 bridgehead atoms. The van der Waals surface area contributed by atoms with Gasteiger partial charge in [0, 0.05) is 6.20 Å². The van der Waals surface area contributed by atoms with Gasteiger partial charge in [0.25, 0.3) is 5.91 Å². The molecule has 1 aromatic carbocycles. The number of benzene rings is 1. The summed E-state index contributed by atoms with van der Waals surface area (Å²) >= 11 is 11.8. The lowest BCUT2D eigenvalue weighted by Gasteiger charge is -2.10. The Morgan fingerprint density at radius 2 is 1.81 bits per heavy atom. The maximum Gasteiger partial charge on any atom is 0.323 e. The predicted octanol–water partition coefficient (Wildman–Crippen LogP) is 0.910. The number of carbonyl (C=O) groups excluding carboxylic acids is 1. The van der Waals surface area contributed by atoms with Crippen molar-refractivity contribution in [2.75, 3.05) is 5.32 Å². The number of hydrogen-bond donors (Lipinski definition) is 4. The van der Waals surface area contributed by atoms with Gasteiger partial charge in [-0.05, 0) is 12.1 Å². The highest BCUT2D eigenvalue weighted by molar-refractivity contribution is 7.89. The molecule has 0 aliphatic carbocycles. The molecule has 21 heavy (non-hydrogen) atoms. The van der Waals surface area contributed by atoms with Crippen molar-refractivity contribution in [1.29, 1.82) is 0 Å². The molecule has 0 unspecified atom stereocenters. The van der Waals surface area contributed by atoms with Gasteiger partial charge in [-0.2, -0.15) is 0 Å². The van der Waals surface area contributed by atoms with Gasteiger partial charge in [-0.25, -0.2) is 18.4 Å². The fourth-order valence-corrected chi connectivity index (χ4v) is 2.74. The fourth-order valence-electron chi connectivity index (χ4n) is 1.47. The SMILES string of the molecule is NS(=O)(=O)c1cc(Cl)c(NC(=O)c2c[nH]c(=O)[nH]2)c(Cl)c1. The van der Waals surface area contributed by atoms with Crippen molar-refractivity contribution < 1.29 is 13.2 Å². The van der Waals surface area contributed by atoms with E-state index in [0.29, 0.717) is 0 Å². The second kappa shape index (κ2) is 5.53. The largest absolute Gasteiger partial charge is 0.323 e. The van der Waals surface area contributed by atoms with Crippen LogP contribution in [0.2, 0.25) is 10.0 Å². The summed E-state index contributed by atoms with van der Waals surface area (Å²) in [5, 5.41) is 7.10. The lowest BCUT2D eigenvalue weighted by molar-refractivity contribution is 0.102. The van der Waals surface area contributed by atoms with E-state index in [1.165, 1.54) is 0 Å². The molecule has 5 N–H and O–H groups in total. The van der Waals surface area contributed by atoms with E-state index in [9.17, 15) is 18.0 Å². The van der Waals surface area contributed by atoms with Crippen LogP contribution < -0.4 is 16.1 Å². The molecule has 11 heteroatoms. The van der Waals surface area contributed by atoms with Crippen LogP contribution in [0.4, 0.5) is 5.69 Å². The number of halogens is 2. The highest BCUT2D eigenvalue weighted by atomic mass is 35.5. The van der Waals surface area contributed by atoms with E-state index >= 15 is 0 Å². The van der Waals surface area contributed by atoms with Gasteiger partial charge in [-0.3, -0.25) is 4.79 Å². The van der Waals surface area contributed by atoms with Crippen LogP contribution in [0.3, 0.4) is 0 Å². The number of carbonyl (C=O) groups is 1. The number of nitrogens with two attached hydrogens (primary N) is 1. The third-order valence-electron chi connectivity index (χ3n) is 2.42.